The van der Waals surface area contributed by atoms with E-state index < -0.39 is 6.23 Å². The zero-order chi connectivity index (χ0) is 23.9. The molecule has 2 aromatic rings. The summed E-state index contributed by atoms with van der Waals surface area (Å²) in [5.74, 6) is 0.135. The summed E-state index contributed by atoms with van der Waals surface area (Å²) < 4.78 is 7.16. The number of amides is 1. The van der Waals surface area contributed by atoms with E-state index in [4.69, 9.17) is 16.3 Å². The summed E-state index contributed by atoms with van der Waals surface area (Å²) in [5, 5.41) is 18.9. The highest BCUT2D eigenvalue weighted by atomic mass is 35.5. The molecule has 34 heavy (non-hydrogen) atoms. The van der Waals surface area contributed by atoms with Gasteiger partial charge in [-0.3, -0.25) is 14.2 Å². The molecule has 1 aromatic heterocycles. The van der Waals surface area contributed by atoms with Gasteiger partial charge in [0.2, 0.25) is 5.91 Å². The van der Waals surface area contributed by atoms with Crippen LogP contribution in [0.1, 0.15) is 56.7 Å². The molecule has 0 radical (unpaired) electrons. The highest BCUT2D eigenvalue weighted by Gasteiger charge is 2.22. The first-order valence-corrected chi connectivity index (χ1v) is 13.1. The van der Waals surface area contributed by atoms with E-state index in [0.717, 1.165) is 38.8 Å². The van der Waals surface area contributed by atoms with Crippen molar-refractivity contribution in [2.45, 2.75) is 57.9 Å². The van der Waals surface area contributed by atoms with Gasteiger partial charge < -0.3 is 20.5 Å². The van der Waals surface area contributed by atoms with Gasteiger partial charge in [-0.15, -0.1) is 11.3 Å². The third-order valence-corrected chi connectivity index (χ3v) is 7.55. The van der Waals surface area contributed by atoms with Crippen molar-refractivity contribution in [3.8, 4) is 0 Å². The molecule has 8 nitrogen and oxygen atoms in total. The highest BCUT2D eigenvalue weighted by molar-refractivity contribution is 7.07. The van der Waals surface area contributed by atoms with E-state index in [1.807, 2.05) is 5.38 Å². The van der Waals surface area contributed by atoms with Gasteiger partial charge in [-0.25, -0.2) is 4.99 Å². The van der Waals surface area contributed by atoms with E-state index in [2.05, 4.69) is 15.6 Å². The van der Waals surface area contributed by atoms with Gasteiger partial charge in [0.15, 0.2) is 17.8 Å². The molecule has 3 N–H and O–H groups in total. The molecule has 10 heteroatoms. The molecule has 4 rings (SSSR count). The van der Waals surface area contributed by atoms with Crippen molar-refractivity contribution in [1.82, 2.24) is 9.88 Å². The molecule has 1 unspecified atom stereocenters. The van der Waals surface area contributed by atoms with Gasteiger partial charge in [-0.1, -0.05) is 30.5 Å². The number of esters is 1. The summed E-state index contributed by atoms with van der Waals surface area (Å²) in [6.45, 7) is 1.69. The summed E-state index contributed by atoms with van der Waals surface area (Å²) >= 11 is 7.71. The molecule has 0 spiro atoms. The Morgan fingerprint density at radius 1 is 1.26 bits per heavy atom. The van der Waals surface area contributed by atoms with Crippen molar-refractivity contribution in [3.05, 3.63) is 45.2 Å². The van der Waals surface area contributed by atoms with Crippen LogP contribution in [0.5, 0.6) is 0 Å². The monoisotopic (exact) mass is 506 g/mol. The predicted molar refractivity (Wildman–Crippen MR) is 131 cm³/mol. The van der Waals surface area contributed by atoms with Gasteiger partial charge in [-0.05, 0) is 56.8 Å². The maximum atomic E-state index is 12.3. The summed E-state index contributed by atoms with van der Waals surface area (Å²) in [6, 6.07) is 4.99. The average molecular weight is 507 g/mol. The molecule has 1 aliphatic carbocycles. The fourth-order valence-electron chi connectivity index (χ4n) is 4.46. The molecule has 1 atom stereocenters. The minimum absolute atomic E-state index is 0.0366. The van der Waals surface area contributed by atoms with Crippen LogP contribution in [0.2, 0.25) is 5.02 Å². The molecule has 1 aromatic carbocycles. The van der Waals surface area contributed by atoms with Gasteiger partial charge in [-0.2, -0.15) is 0 Å². The van der Waals surface area contributed by atoms with Crippen LogP contribution < -0.4 is 15.4 Å². The number of aliphatic hydroxyl groups is 1. The smallest absolute Gasteiger partial charge is 0.310 e. The quantitative estimate of drug-likeness (QED) is 0.472. The van der Waals surface area contributed by atoms with Gasteiger partial charge in [0.25, 0.3) is 0 Å². The Morgan fingerprint density at radius 2 is 2.03 bits per heavy atom. The van der Waals surface area contributed by atoms with E-state index in [0.29, 0.717) is 33.4 Å². The van der Waals surface area contributed by atoms with Crippen molar-refractivity contribution in [3.63, 3.8) is 0 Å². The Morgan fingerprint density at radius 3 is 2.76 bits per heavy atom. The Balaban J connectivity index is 1.36. The molecule has 1 saturated carbocycles. The van der Waals surface area contributed by atoms with Gasteiger partial charge in [0.05, 0.1) is 16.6 Å². The first kappa shape index (κ1) is 24.9. The van der Waals surface area contributed by atoms with Crippen molar-refractivity contribution < 1.29 is 19.4 Å². The summed E-state index contributed by atoms with van der Waals surface area (Å²) in [6.07, 6.45) is 7.28. The summed E-state index contributed by atoms with van der Waals surface area (Å²) in [5.41, 5.74) is 1.03. The topological polar surface area (TPSA) is 105 Å². The first-order valence-electron chi connectivity index (χ1n) is 11.8. The lowest BCUT2D eigenvalue weighted by Gasteiger charge is -2.21. The van der Waals surface area contributed by atoms with Crippen LogP contribution in [0, 0.1) is 11.8 Å². The second-order valence-electron chi connectivity index (χ2n) is 8.92. The van der Waals surface area contributed by atoms with Gasteiger partial charge in [0, 0.05) is 23.6 Å². The number of aromatic nitrogens is 1. The minimum Gasteiger partial charge on any atom is -0.444 e. The first-order chi connectivity index (χ1) is 16.5. The number of aliphatic hydroxyl groups excluding tert-OH is 1. The standard InChI is InChI=1S/C24H31ClN4O4S/c25-19-14-18(5-6-20(19)27-21(30)13-16-3-1-2-4-16)22(31)28-24-29(11-12-34-24)15-33-23(32)17-7-9-26-10-8-17/h5-6,11-12,14,16-17,22,26,31H,1-4,7-10,13,15H2,(H,27,30). The van der Waals surface area contributed by atoms with Crippen LogP contribution in [0.3, 0.4) is 0 Å². The molecule has 1 amide bonds. The van der Waals surface area contributed by atoms with Gasteiger partial charge in [0.1, 0.15) is 0 Å². The van der Waals surface area contributed by atoms with Crippen LogP contribution in [-0.2, 0) is 21.1 Å². The number of hydrogen-bond donors (Lipinski definition) is 3. The third-order valence-electron chi connectivity index (χ3n) is 6.43. The summed E-state index contributed by atoms with van der Waals surface area (Å²) in [7, 11) is 0. The fourth-order valence-corrected chi connectivity index (χ4v) is 5.43. The van der Waals surface area contributed by atoms with Crippen molar-refractivity contribution in [2.24, 2.45) is 16.8 Å². The molecule has 1 saturated heterocycles. The number of nitrogens with zero attached hydrogens (tertiary/aromatic N) is 2. The minimum atomic E-state index is -1.15. The zero-order valence-corrected chi connectivity index (χ0v) is 20.6. The number of carbonyl (C=O) groups excluding carboxylic acids is 2. The highest BCUT2D eigenvalue weighted by Crippen LogP contribution is 2.30. The van der Waals surface area contributed by atoms with Crippen LogP contribution in [-0.4, -0.2) is 34.6 Å². The lowest BCUT2D eigenvalue weighted by Crippen LogP contribution is -2.33. The third kappa shape index (κ3) is 6.69. The number of rotatable bonds is 8. The van der Waals surface area contributed by atoms with E-state index in [1.165, 1.54) is 24.2 Å². The second-order valence-corrected chi connectivity index (χ2v) is 10.2. The lowest BCUT2D eigenvalue weighted by atomic mass is 9.99. The summed E-state index contributed by atoms with van der Waals surface area (Å²) in [4.78, 5) is 29.5. The van der Waals surface area contributed by atoms with Crippen LogP contribution in [0.25, 0.3) is 0 Å². The number of piperidine rings is 1. The molecule has 0 bridgehead atoms. The molecular weight excluding hydrogens is 476 g/mol. The molecule has 184 valence electrons. The van der Waals surface area contributed by atoms with Crippen molar-refractivity contribution in [2.75, 3.05) is 18.4 Å². The Labute approximate surface area is 208 Å². The van der Waals surface area contributed by atoms with Crippen LogP contribution in [0.15, 0.2) is 34.8 Å². The van der Waals surface area contributed by atoms with Crippen LogP contribution in [0.4, 0.5) is 5.69 Å². The molecule has 2 heterocycles. The number of carbonyl (C=O) groups is 2. The Kier molecular flexibility index (Phi) is 8.77. The normalized spacial score (nSPS) is 18.7. The Hall–Kier alpha value is -2.20. The molecule has 1 aliphatic heterocycles. The fraction of sp³-hybridized carbons (Fsp3) is 0.542. The predicted octanol–water partition coefficient (Wildman–Crippen LogP) is 3.81. The largest absolute Gasteiger partial charge is 0.444 e. The number of thiazole rings is 1. The van der Waals surface area contributed by atoms with Crippen molar-refractivity contribution in [1.29, 1.82) is 0 Å². The molecule has 2 fully saturated rings. The molecule has 2 aliphatic rings. The Bertz CT molecular complexity index is 1060. The average Bonchev–Trinajstić information content (AvgIpc) is 3.51. The number of ether oxygens (including phenoxy) is 1. The van der Waals surface area contributed by atoms with E-state index in [1.54, 1.807) is 29.0 Å². The van der Waals surface area contributed by atoms with Crippen molar-refractivity contribution >= 4 is 40.5 Å². The number of nitrogens with one attached hydrogen (secondary N) is 2. The lowest BCUT2D eigenvalue weighted by molar-refractivity contribution is -0.153. The SMILES string of the molecule is O=C(CC1CCCC1)Nc1ccc(C(O)N=c2sccn2COC(=O)C2CCNCC2)cc1Cl. The number of hydrogen-bond acceptors (Lipinski definition) is 7. The number of benzene rings is 1. The maximum absolute atomic E-state index is 12.3. The van der Waals surface area contributed by atoms with E-state index in [-0.39, 0.29) is 24.5 Å². The molecular formula is C24H31ClN4O4S. The maximum Gasteiger partial charge on any atom is 0.310 e. The zero-order valence-electron chi connectivity index (χ0n) is 19.0. The van der Waals surface area contributed by atoms with E-state index >= 15 is 0 Å². The van der Waals surface area contributed by atoms with Gasteiger partial charge >= 0.3 is 5.97 Å². The second kappa shape index (κ2) is 12.0. The number of halogens is 1. The van der Waals surface area contributed by atoms with Crippen LogP contribution >= 0.6 is 22.9 Å². The van der Waals surface area contributed by atoms with E-state index in [9.17, 15) is 14.7 Å². The number of anilines is 1.